The Kier molecular flexibility index (Phi) is 6.51. The first-order valence-electron chi connectivity index (χ1n) is 12.5. The average Bonchev–Trinajstić information content (AvgIpc) is 3.49. The summed E-state index contributed by atoms with van der Waals surface area (Å²) < 4.78 is 26.7. The number of aromatic nitrogens is 3. The van der Waals surface area contributed by atoms with E-state index in [2.05, 4.69) is 31.5 Å². The number of hydrogen-bond acceptors (Lipinski definition) is 7. The van der Waals surface area contributed by atoms with Crippen molar-refractivity contribution in [2.45, 2.75) is 43.6 Å². The van der Waals surface area contributed by atoms with Crippen molar-refractivity contribution in [3.8, 4) is 0 Å². The topological polar surface area (TPSA) is 91.3 Å². The lowest BCUT2D eigenvalue weighted by Gasteiger charge is -2.46. The van der Waals surface area contributed by atoms with Crippen LogP contribution in [0.1, 0.15) is 53.7 Å². The molecule has 12 heteroatoms. The van der Waals surface area contributed by atoms with Gasteiger partial charge in [0.15, 0.2) is 0 Å². The van der Waals surface area contributed by atoms with Crippen LogP contribution in [0.25, 0.3) is 0 Å². The smallest absolute Gasteiger partial charge is 0.281 e. The quantitative estimate of drug-likeness (QED) is 0.475. The van der Waals surface area contributed by atoms with Gasteiger partial charge in [0.25, 0.3) is 12.3 Å². The largest absolute Gasteiger partial charge is 0.349 e. The van der Waals surface area contributed by atoms with Gasteiger partial charge in [-0.1, -0.05) is 41.1 Å². The van der Waals surface area contributed by atoms with E-state index in [0.29, 0.717) is 32.5 Å². The van der Waals surface area contributed by atoms with Crippen molar-refractivity contribution in [3.05, 3.63) is 63.9 Å². The Morgan fingerprint density at radius 2 is 1.97 bits per heavy atom. The molecule has 1 aliphatic carbocycles. The number of hydrogen-bond donors (Lipinski definition) is 1. The third-order valence-corrected chi connectivity index (χ3v) is 8.82. The predicted octanol–water partition coefficient (Wildman–Crippen LogP) is 4.62. The summed E-state index contributed by atoms with van der Waals surface area (Å²) in [6, 6.07) is 9.10. The van der Waals surface area contributed by atoms with E-state index in [9.17, 15) is 18.4 Å². The van der Waals surface area contributed by atoms with Gasteiger partial charge in [-0.05, 0) is 49.3 Å². The lowest BCUT2D eigenvalue weighted by atomic mass is 9.75. The molecule has 0 bridgehead atoms. The number of nitrogens with zero attached hydrogens (tertiary/aromatic N) is 5. The Hall–Kier alpha value is -3.18. The highest BCUT2D eigenvalue weighted by Crippen LogP contribution is 2.49. The second kappa shape index (κ2) is 9.85. The van der Waals surface area contributed by atoms with Gasteiger partial charge in [-0.3, -0.25) is 14.6 Å². The van der Waals surface area contributed by atoms with Crippen LogP contribution in [0, 0.1) is 5.92 Å². The normalized spacial score (nSPS) is 22.1. The first kappa shape index (κ1) is 25.1. The number of fused-ring (bicyclic) bond motifs is 2. The SMILES string of the molecule is O=C(NC1CCC(CN2C(=O)C3(CN(c4nncs4)C3)c3ccccc32)CC1)c1cc(Cl)cnc1C(F)F. The summed E-state index contributed by atoms with van der Waals surface area (Å²) in [5.74, 6) is -0.184. The maximum absolute atomic E-state index is 13.8. The molecule has 198 valence electrons. The summed E-state index contributed by atoms with van der Waals surface area (Å²) in [5, 5.41) is 11.9. The predicted molar refractivity (Wildman–Crippen MR) is 140 cm³/mol. The van der Waals surface area contributed by atoms with Crippen LogP contribution in [0.15, 0.2) is 42.0 Å². The second-order valence-electron chi connectivity index (χ2n) is 10.2. The number of alkyl halides is 2. The molecule has 3 aromatic rings. The number of pyridine rings is 1. The van der Waals surface area contributed by atoms with Gasteiger partial charge < -0.3 is 15.1 Å². The number of amides is 2. The number of rotatable bonds is 6. The molecule has 1 aromatic carbocycles. The summed E-state index contributed by atoms with van der Waals surface area (Å²) in [5.41, 5.74) is 2.42. The second-order valence-corrected chi connectivity index (χ2v) is 11.4. The van der Waals surface area contributed by atoms with Gasteiger partial charge in [0.2, 0.25) is 11.0 Å². The monoisotopic (exact) mass is 558 g/mol. The van der Waals surface area contributed by atoms with Crippen molar-refractivity contribution < 1.29 is 18.4 Å². The maximum atomic E-state index is 13.8. The fourth-order valence-corrected chi connectivity index (χ4v) is 6.66. The summed E-state index contributed by atoms with van der Waals surface area (Å²) in [6.07, 6.45) is 1.29. The summed E-state index contributed by atoms with van der Waals surface area (Å²) in [7, 11) is 0. The van der Waals surface area contributed by atoms with E-state index < -0.39 is 23.4 Å². The van der Waals surface area contributed by atoms with Gasteiger partial charge >= 0.3 is 0 Å². The number of carbonyl (C=O) groups excluding carboxylic acids is 2. The minimum atomic E-state index is -2.87. The molecule has 1 N–H and O–H groups in total. The zero-order valence-corrected chi connectivity index (χ0v) is 21.9. The highest BCUT2D eigenvalue weighted by molar-refractivity contribution is 7.13. The standard InChI is InChI=1S/C26H25ClF2N6O2S/c27-16-9-18(21(22(28)29)30-10-16)23(36)32-17-7-5-15(6-8-17)11-35-20-4-2-1-3-19(20)26(24(35)37)12-34(13-26)25-33-31-14-38-25/h1-4,9-10,14-15,17,22H,5-8,11-13H2,(H,32,36). The fraction of sp³-hybridized carbons (Fsp3) is 0.423. The van der Waals surface area contributed by atoms with Crippen LogP contribution in [-0.4, -0.2) is 52.7 Å². The lowest BCUT2D eigenvalue weighted by Crippen LogP contribution is -2.64. The molecule has 2 aliphatic heterocycles. The molecule has 6 rings (SSSR count). The van der Waals surface area contributed by atoms with Crippen LogP contribution < -0.4 is 15.1 Å². The Balaban J connectivity index is 1.09. The molecule has 2 aromatic heterocycles. The molecular weight excluding hydrogens is 534 g/mol. The van der Waals surface area contributed by atoms with Crippen LogP contribution in [0.4, 0.5) is 19.6 Å². The molecule has 1 spiro atoms. The van der Waals surface area contributed by atoms with Gasteiger partial charge in [-0.2, -0.15) is 0 Å². The minimum absolute atomic E-state index is 0.128. The van der Waals surface area contributed by atoms with Crippen LogP contribution >= 0.6 is 22.9 Å². The third-order valence-electron chi connectivity index (χ3n) is 7.86. The molecule has 2 fully saturated rings. The first-order valence-corrected chi connectivity index (χ1v) is 13.8. The lowest BCUT2D eigenvalue weighted by molar-refractivity contribution is -0.124. The molecule has 4 heterocycles. The van der Waals surface area contributed by atoms with Crippen molar-refractivity contribution in [1.82, 2.24) is 20.5 Å². The highest BCUT2D eigenvalue weighted by atomic mass is 35.5. The van der Waals surface area contributed by atoms with Crippen LogP contribution in [0.2, 0.25) is 5.02 Å². The molecule has 2 amide bonds. The molecule has 0 unspecified atom stereocenters. The van der Waals surface area contributed by atoms with Crippen molar-refractivity contribution >= 4 is 45.6 Å². The Morgan fingerprint density at radius 3 is 2.68 bits per heavy atom. The van der Waals surface area contributed by atoms with Crippen molar-refractivity contribution in [1.29, 1.82) is 0 Å². The third kappa shape index (κ3) is 4.31. The van der Waals surface area contributed by atoms with E-state index in [4.69, 9.17) is 11.6 Å². The number of para-hydroxylation sites is 1. The van der Waals surface area contributed by atoms with E-state index in [1.165, 1.54) is 17.4 Å². The summed E-state index contributed by atoms with van der Waals surface area (Å²) in [6.45, 7) is 1.80. The number of benzene rings is 1. The van der Waals surface area contributed by atoms with E-state index in [1.54, 1.807) is 5.51 Å². The molecule has 1 saturated carbocycles. The van der Waals surface area contributed by atoms with Crippen molar-refractivity contribution in [2.75, 3.05) is 29.4 Å². The number of anilines is 2. The Labute approximate surface area is 227 Å². The van der Waals surface area contributed by atoms with E-state index in [0.717, 1.165) is 35.4 Å². The minimum Gasteiger partial charge on any atom is -0.349 e. The molecule has 8 nitrogen and oxygen atoms in total. The van der Waals surface area contributed by atoms with E-state index in [-0.39, 0.29) is 28.5 Å². The van der Waals surface area contributed by atoms with Gasteiger partial charge in [-0.15, -0.1) is 10.2 Å². The van der Waals surface area contributed by atoms with Crippen molar-refractivity contribution in [2.24, 2.45) is 5.92 Å². The molecule has 3 aliphatic rings. The average molecular weight is 559 g/mol. The molecular formula is C26H25ClF2N6O2S. The Bertz CT molecular complexity index is 1360. The van der Waals surface area contributed by atoms with E-state index in [1.807, 2.05) is 23.1 Å². The van der Waals surface area contributed by atoms with Crippen LogP contribution in [-0.2, 0) is 10.2 Å². The molecule has 1 saturated heterocycles. The number of carbonyl (C=O) groups is 2. The van der Waals surface area contributed by atoms with E-state index >= 15 is 0 Å². The van der Waals surface area contributed by atoms with Gasteiger partial charge in [0, 0.05) is 37.6 Å². The summed E-state index contributed by atoms with van der Waals surface area (Å²) >= 11 is 7.37. The zero-order valence-electron chi connectivity index (χ0n) is 20.3. The molecule has 0 atom stereocenters. The van der Waals surface area contributed by atoms with Crippen molar-refractivity contribution in [3.63, 3.8) is 0 Å². The highest BCUT2D eigenvalue weighted by Gasteiger charge is 2.58. The van der Waals surface area contributed by atoms with Crippen LogP contribution in [0.3, 0.4) is 0 Å². The molecule has 38 heavy (non-hydrogen) atoms. The molecule has 0 radical (unpaired) electrons. The van der Waals surface area contributed by atoms with Gasteiger partial charge in [0.05, 0.1) is 10.6 Å². The first-order chi connectivity index (χ1) is 18.4. The number of nitrogens with one attached hydrogen (secondary N) is 1. The summed E-state index contributed by atoms with van der Waals surface area (Å²) in [4.78, 5) is 34.2. The van der Waals surface area contributed by atoms with Crippen LogP contribution in [0.5, 0.6) is 0 Å². The maximum Gasteiger partial charge on any atom is 0.281 e. The number of halogens is 3. The van der Waals surface area contributed by atoms with Gasteiger partial charge in [-0.25, -0.2) is 8.78 Å². The van der Waals surface area contributed by atoms with Gasteiger partial charge in [0.1, 0.15) is 16.6 Å². The fourth-order valence-electron chi connectivity index (χ4n) is 5.95. The Morgan fingerprint density at radius 1 is 1.21 bits per heavy atom. The zero-order chi connectivity index (χ0) is 26.4.